The molecule has 0 aliphatic carbocycles. The van der Waals surface area contributed by atoms with Crippen molar-refractivity contribution in [3.8, 4) is 0 Å². The van der Waals surface area contributed by atoms with Gasteiger partial charge < -0.3 is 4.74 Å². The lowest BCUT2D eigenvalue weighted by molar-refractivity contribution is 0.0605. The third-order valence-electron chi connectivity index (χ3n) is 3.37. The molecule has 6 heteroatoms. The first-order chi connectivity index (χ1) is 8.63. The lowest BCUT2D eigenvalue weighted by atomic mass is 10.0. The van der Waals surface area contributed by atoms with E-state index in [1.807, 2.05) is 6.92 Å². The van der Waals surface area contributed by atoms with Crippen LogP contribution in [0.1, 0.15) is 25.3 Å². The second kappa shape index (κ2) is 5.71. The average molecular weight is 273 g/mol. The molecule has 0 spiro atoms. The molecule has 2 rings (SSSR count). The molecule has 1 N–H and O–H groups in total. The molecule has 5 nitrogen and oxygen atoms in total. The Kier molecular flexibility index (Phi) is 4.24. The minimum Gasteiger partial charge on any atom is -0.381 e. The Morgan fingerprint density at radius 1 is 1.39 bits per heavy atom. The van der Waals surface area contributed by atoms with Gasteiger partial charge in [-0.2, -0.15) is 0 Å². The maximum Gasteiger partial charge on any atom is 0.329 e. The molecule has 100 valence electrons. The maximum atomic E-state index is 12.1. The highest BCUT2D eigenvalue weighted by atomic mass is 35.5. The van der Waals surface area contributed by atoms with Crippen molar-refractivity contribution in [2.75, 3.05) is 13.2 Å². The zero-order chi connectivity index (χ0) is 13.1. The number of aromatic nitrogens is 2. The van der Waals surface area contributed by atoms with E-state index in [0.717, 1.165) is 12.8 Å². The van der Waals surface area contributed by atoms with Gasteiger partial charge in [0.25, 0.3) is 5.56 Å². The number of hydrogen-bond acceptors (Lipinski definition) is 3. The van der Waals surface area contributed by atoms with Gasteiger partial charge in [0.2, 0.25) is 0 Å². The molecule has 0 radical (unpaired) electrons. The van der Waals surface area contributed by atoms with Crippen LogP contribution >= 0.6 is 11.6 Å². The summed E-state index contributed by atoms with van der Waals surface area (Å²) in [4.78, 5) is 26.5. The van der Waals surface area contributed by atoms with E-state index in [1.165, 1.54) is 4.57 Å². The molecule has 0 bridgehead atoms. The zero-order valence-corrected chi connectivity index (χ0v) is 11.1. The summed E-state index contributed by atoms with van der Waals surface area (Å²) in [5.74, 6) is 0.323. The van der Waals surface area contributed by atoms with E-state index in [-0.39, 0.29) is 10.7 Å². The first-order valence-corrected chi connectivity index (χ1v) is 6.60. The van der Waals surface area contributed by atoms with Crippen LogP contribution in [0.4, 0.5) is 0 Å². The summed E-state index contributed by atoms with van der Waals surface area (Å²) >= 11 is 5.86. The fraction of sp³-hybridized carbons (Fsp3) is 0.667. The minimum atomic E-state index is -0.423. The van der Waals surface area contributed by atoms with Crippen LogP contribution in [0, 0.1) is 5.92 Å². The lowest BCUT2D eigenvalue weighted by Gasteiger charge is -2.22. The SMILES string of the molecule is CCc1c(Cl)[nH]c(=O)n(CC2CCOCC2)c1=O. The van der Waals surface area contributed by atoms with Crippen LogP contribution in [0.5, 0.6) is 0 Å². The van der Waals surface area contributed by atoms with Gasteiger partial charge in [-0.05, 0) is 25.2 Å². The molecule has 0 atom stereocenters. The van der Waals surface area contributed by atoms with Gasteiger partial charge in [-0.15, -0.1) is 0 Å². The molecule has 1 aromatic rings. The van der Waals surface area contributed by atoms with Gasteiger partial charge in [-0.1, -0.05) is 18.5 Å². The van der Waals surface area contributed by atoms with Crippen LogP contribution in [0.15, 0.2) is 9.59 Å². The predicted octanol–water partition coefficient (Wildman–Crippen LogP) is 1.18. The highest BCUT2D eigenvalue weighted by Crippen LogP contribution is 2.16. The molecule has 0 amide bonds. The molecule has 1 aliphatic heterocycles. The van der Waals surface area contributed by atoms with Crippen molar-refractivity contribution in [1.82, 2.24) is 9.55 Å². The summed E-state index contributed by atoms with van der Waals surface area (Å²) < 4.78 is 6.53. The molecule has 0 unspecified atom stereocenters. The van der Waals surface area contributed by atoms with Crippen LogP contribution in [-0.4, -0.2) is 22.8 Å². The third-order valence-corrected chi connectivity index (χ3v) is 3.69. The number of nitrogens with one attached hydrogen (secondary N) is 1. The van der Waals surface area contributed by atoms with Crippen molar-refractivity contribution < 1.29 is 4.74 Å². The van der Waals surface area contributed by atoms with Crippen molar-refractivity contribution in [2.45, 2.75) is 32.7 Å². The van der Waals surface area contributed by atoms with E-state index >= 15 is 0 Å². The van der Waals surface area contributed by atoms with Gasteiger partial charge in [0.1, 0.15) is 5.15 Å². The highest BCUT2D eigenvalue weighted by Gasteiger charge is 2.18. The van der Waals surface area contributed by atoms with Crippen LogP contribution < -0.4 is 11.2 Å². The van der Waals surface area contributed by atoms with Crippen molar-refractivity contribution in [3.05, 3.63) is 31.6 Å². The van der Waals surface area contributed by atoms with E-state index < -0.39 is 5.69 Å². The van der Waals surface area contributed by atoms with Crippen molar-refractivity contribution >= 4 is 11.6 Å². The second-order valence-corrected chi connectivity index (χ2v) is 4.93. The Labute approximate surface area is 110 Å². The topological polar surface area (TPSA) is 64.1 Å². The van der Waals surface area contributed by atoms with Gasteiger partial charge in [0.05, 0.1) is 5.56 Å². The van der Waals surface area contributed by atoms with Crippen molar-refractivity contribution in [3.63, 3.8) is 0 Å². The van der Waals surface area contributed by atoms with Gasteiger partial charge in [-0.25, -0.2) is 4.79 Å². The first kappa shape index (κ1) is 13.4. The first-order valence-electron chi connectivity index (χ1n) is 6.22. The zero-order valence-electron chi connectivity index (χ0n) is 10.4. The summed E-state index contributed by atoms with van der Waals surface area (Å²) in [5.41, 5.74) is -0.213. The molecule has 1 aliphatic rings. The van der Waals surface area contributed by atoms with E-state index in [0.29, 0.717) is 37.7 Å². The molecule has 0 aromatic carbocycles. The number of hydrogen-bond donors (Lipinski definition) is 1. The summed E-state index contributed by atoms with van der Waals surface area (Å²) in [6, 6.07) is 0. The molecule has 0 saturated carbocycles. The Morgan fingerprint density at radius 3 is 2.67 bits per heavy atom. The normalized spacial score (nSPS) is 17.0. The van der Waals surface area contributed by atoms with Crippen molar-refractivity contribution in [1.29, 1.82) is 0 Å². The summed E-state index contributed by atoms with van der Waals surface area (Å²) in [7, 11) is 0. The summed E-state index contributed by atoms with van der Waals surface area (Å²) in [6.45, 7) is 3.69. The summed E-state index contributed by atoms with van der Waals surface area (Å²) in [6.07, 6.45) is 2.29. The predicted molar refractivity (Wildman–Crippen MR) is 69.3 cm³/mol. The Hall–Kier alpha value is -1.07. The number of rotatable bonds is 3. The standard InChI is InChI=1S/C12H17ClN2O3/c1-2-9-10(13)14-12(17)15(11(9)16)7-8-3-5-18-6-4-8/h8H,2-7H2,1H3,(H,14,17). The van der Waals surface area contributed by atoms with E-state index in [4.69, 9.17) is 16.3 Å². The van der Waals surface area contributed by atoms with Gasteiger partial charge in [0.15, 0.2) is 0 Å². The Bertz CT molecular complexity index is 529. The van der Waals surface area contributed by atoms with E-state index in [9.17, 15) is 9.59 Å². The van der Waals surface area contributed by atoms with Gasteiger partial charge >= 0.3 is 5.69 Å². The number of halogens is 1. The molecule has 1 saturated heterocycles. The number of H-pyrrole nitrogens is 1. The van der Waals surface area contributed by atoms with Crippen LogP contribution in [-0.2, 0) is 17.7 Å². The van der Waals surface area contributed by atoms with Gasteiger partial charge in [0, 0.05) is 19.8 Å². The average Bonchev–Trinajstić information content (AvgIpc) is 2.36. The van der Waals surface area contributed by atoms with Gasteiger partial charge in [-0.3, -0.25) is 14.3 Å². The largest absolute Gasteiger partial charge is 0.381 e. The monoisotopic (exact) mass is 272 g/mol. The third kappa shape index (κ3) is 2.67. The second-order valence-electron chi connectivity index (χ2n) is 4.55. The van der Waals surface area contributed by atoms with Crippen LogP contribution in [0.2, 0.25) is 5.15 Å². The number of ether oxygens (including phenoxy) is 1. The molecular formula is C12H17ClN2O3. The van der Waals surface area contributed by atoms with E-state index in [1.54, 1.807) is 0 Å². The molecule has 18 heavy (non-hydrogen) atoms. The highest BCUT2D eigenvalue weighted by molar-refractivity contribution is 6.30. The van der Waals surface area contributed by atoms with E-state index in [2.05, 4.69) is 4.98 Å². The quantitative estimate of drug-likeness (QED) is 0.841. The van der Waals surface area contributed by atoms with Crippen LogP contribution in [0.25, 0.3) is 0 Å². The maximum absolute atomic E-state index is 12.1. The lowest BCUT2D eigenvalue weighted by Crippen LogP contribution is -2.40. The summed E-state index contributed by atoms with van der Waals surface area (Å²) in [5, 5.41) is 0.163. The molecule has 1 fully saturated rings. The minimum absolute atomic E-state index is 0.163. The smallest absolute Gasteiger partial charge is 0.329 e. The molecule has 1 aromatic heterocycles. The molecule has 2 heterocycles. The number of aromatic amines is 1. The number of nitrogens with zero attached hydrogens (tertiary/aromatic N) is 1. The van der Waals surface area contributed by atoms with Crippen molar-refractivity contribution in [2.24, 2.45) is 5.92 Å². The molecular weight excluding hydrogens is 256 g/mol. The Morgan fingerprint density at radius 2 is 2.06 bits per heavy atom. The van der Waals surface area contributed by atoms with Crippen LogP contribution in [0.3, 0.4) is 0 Å². The Balaban J connectivity index is 2.32. The fourth-order valence-electron chi connectivity index (χ4n) is 2.25. The fourth-order valence-corrected chi connectivity index (χ4v) is 2.54.